The highest BCUT2D eigenvalue weighted by Crippen LogP contribution is 2.28. The lowest BCUT2D eigenvalue weighted by Crippen LogP contribution is -2.28. The molecule has 7 heteroatoms. The molecule has 0 spiro atoms. The SMILES string of the molecule is N#CCOc1ccc(NC(=O)C2CC(=O)N(c3cccc(Cl)c3)C2)cc1. The number of benzene rings is 2. The first-order chi connectivity index (χ1) is 12.6. The smallest absolute Gasteiger partial charge is 0.229 e. The van der Waals surface area contributed by atoms with Crippen LogP contribution < -0.4 is 15.0 Å². The largest absolute Gasteiger partial charge is 0.479 e. The van der Waals surface area contributed by atoms with Crippen molar-refractivity contribution >= 4 is 34.8 Å². The number of ether oxygens (including phenoxy) is 1. The van der Waals surface area contributed by atoms with Gasteiger partial charge in [0.15, 0.2) is 6.61 Å². The Bertz CT molecular complexity index is 861. The van der Waals surface area contributed by atoms with Gasteiger partial charge in [0, 0.05) is 29.4 Å². The molecule has 0 radical (unpaired) electrons. The number of nitriles is 1. The minimum Gasteiger partial charge on any atom is -0.479 e. The lowest BCUT2D eigenvalue weighted by Gasteiger charge is -2.17. The Hall–Kier alpha value is -3.04. The number of amides is 2. The average Bonchev–Trinajstić information content (AvgIpc) is 3.03. The zero-order valence-corrected chi connectivity index (χ0v) is 14.6. The van der Waals surface area contributed by atoms with Gasteiger partial charge in [0.25, 0.3) is 0 Å². The molecule has 1 N–H and O–H groups in total. The molecule has 2 aromatic carbocycles. The Kier molecular flexibility index (Phi) is 5.40. The topological polar surface area (TPSA) is 82.4 Å². The highest BCUT2D eigenvalue weighted by Gasteiger charge is 2.35. The molecule has 26 heavy (non-hydrogen) atoms. The molecule has 132 valence electrons. The molecule has 1 aliphatic heterocycles. The van der Waals surface area contributed by atoms with Gasteiger partial charge in [-0.2, -0.15) is 5.26 Å². The summed E-state index contributed by atoms with van der Waals surface area (Å²) in [5.41, 5.74) is 1.30. The van der Waals surface area contributed by atoms with Gasteiger partial charge in [-0.1, -0.05) is 17.7 Å². The van der Waals surface area contributed by atoms with Gasteiger partial charge in [-0.3, -0.25) is 9.59 Å². The number of rotatable bonds is 5. The fourth-order valence-electron chi connectivity index (χ4n) is 2.77. The molecule has 1 fully saturated rings. The molecule has 0 aliphatic carbocycles. The third kappa shape index (κ3) is 4.13. The Labute approximate surface area is 155 Å². The van der Waals surface area contributed by atoms with Crippen LogP contribution in [0.25, 0.3) is 0 Å². The van der Waals surface area contributed by atoms with E-state index in [1.54, 1.807) is 53.4 Å². The molecule has 3 rings (SSSR count). The highest BCUT2D eigenvalue weighted by atomic mass is 35.5. The summed E-state index contributed by atoms with van der Waals surface area (Å²) in [5, 5.41) is 11.8. The van der Waals surface area contributed by atoms with E-state index in [9.17, 15) is 9.59 Å². The fourth-order valence-corrected chi connectivity index (χ4v) is 2.96. The van der Waals surface area contributed by atoms with Gasteiger partial charge < -0.3 is 15.0 Å². The van der Waals surface area contributed by atoms with Gasteiger partial charge >= 0.3 is 0 Å². The van der Waals surface area contributed by atoms with Crippen LogP contribution in [-0.2, 0) is 9.59 Å². The van der Waals surface area contributed by atoms with Crippen LogP contribution in [0.3, 0.4) is 0 Å². The van der Waals surface area contributed by atoms with Crippen LogP contribution in [0.4, 0.5) is 11.4 Å². The predicted molar refractivity (Wildman–Crippen MR) is 98.1 cm³/mol. The Morgan fingerprint density at radius 2 is 2.08 bits per heavy atom. The van der Waals surface area contributed by atoms with E-state index in [0.717, 1.165) is 0 Å². The summed E-state index contributed by atoms with van der Waals surface area (Å²) in [6.45, 7) is 0.281. The normalized spacial score (nSPS) is 16.2. The zero-order chi connectivity index (χ0) is 18.5. The summed E-state index contributed by atoms with van der Waals surface area (Å²) in [6, 6.07) is 15.6. The summed E-state index contributed by atoms with van der Waals surface area (Å²) in [4.78, 5) is 26.3. The van der Waals surface area contributed by atoms with E-state index in [2.05, 4.69) is 5.32 Å². The Balaban J connectivity index is 1.62. The minimum absolute atomic E-state index is 0.0325. The van der Waals surface area contributed by atoms with E-state index in [1.165, 1.54) is 0 Å². The van der Waals surface area contributed by atoms with Crippen molar-refractivity contribution in [1.82, 2.24) is 0 Å². The first-order valence-electron chi connectivity index (χ1n) is 8.03. The number of carbonyl (C=O) groups is 2. The molecule has 1 unspecified atom stereocenters. The lowest BCUT2D eigenvalue weighted by molar-refractivity contribution is -0.122. The van der Waals surface area contributed by atoms with Gasteiger partial charge in [-0.15, -0.1) is 0 Å². The second-order valence-corrected chi connectivity index (χ2v) is 6.28. The van der Waals surface area contributed by atoms with Crippen molar-refractivity contribution in [3.8, 4) is 11.8 Å². The van der Waals surface area contributed by atoms with E-state index in [-0.39, 0.29) is 24.8 Å². The first-order valence-corrected chi connectivity index (χ1v) is 8.41. The predicted octanol–water partition coefficient (Wildman–Crippen LogP) is 3.23. The van der Waals surface area contributed by atoms with Crippen molar-refractivity contribution in [1.29, 1.82) is 5.26 Å². The van der Waals surface area contributed by atoms with Crippen LogP contribution in [0.15, 0.2) is 48.5 Å². The molecule has 1 heterocycles. The molecule has 1 aliphatic rings. The molecular formula is C19H16ClN3O3. The number of halogens is 1. The monoisotopic (exact) mass is 369 g/mol. The minimum atomic E-state index is -0.434. The van der Waals surface area contributed by atoms with Crippen LogP contribution in [0.5, 0.6) is 5.75 Å². The first kappa shape index (κ1) is 17.8. The van der Waals surface area contributed by atoms with Crippen molar-refractivity contribution in [2.45, 2.75) is 6.42 Å². The van der Waals surface area contributed by atoms with Crippen LogP contribution in [-0.4, -0.2) is 25.0 Å². The number of hydrogen-bond donors (Lipinski definition) is 1. The molecule has 2 amide bonds. The van der Waals surface area contributed by atoms with E-state index in [1.807, 2.05) is 6.07 Å². The molecule has 2 aromatic rings. The molecular weight excluding hydrogens is 354 g/mol. The quantitative estimate of drug-likeness (QED) is 0.877. The summed E-state index contributed by atoms with van der Waals surface area (Å²) in [5.74, 6) is -0.204. The van der Waals surface area contributed by atoms with Gasteiger partial charge in [-0.25, -0.2) is 0 Å². The summed E-state index contributed by atoms with van der Waals surface area (Å²) >= 11 is 5.98. The number of carbonyl (C=O) groups excluding carboxylic acids is 2. The summed E-state index contributed by atoms with van der Waals surface area (Å²) in [6.07, 6.45) is 0.154. The van der Waals surface area contributed by atoms with Gasteiger partial charge in [0.1, 0.15) is 11.8 Å². The van der Waals surface area contributed by atoms with Crippen LogP contribution in [0.1, 0.15) is 6.42 Å². The maximum Gasteiger partial charge on any atom is 0.229 e. The number of hydrogen-bond acceptors (Lipinski definition) is 4. The molecule has 1 saturated heterocycles. The Morgan fingerprint density at radius 1 is 1.31 bits per heavy atom. The third-order valence-corrected chi connectivity index (χ3v) is 4.28. The lowest BCUT2D eigenvalue weighted by atomic mass is 10.1. The van der Waals surface area contributed by atoms with Gasteiger partial charge in [0.05, 0.1) is 5.92 Å². The summed E-state index contributed by atoms with van der Waals surface area (Å²) < 4.78 is 5.17. The number of anilines is 2. The van der Waals surface area contributed by atoms with Crippen molar-refractivity contribution in [2.24, 2.45) is 5.92 Å². The van der Waals surface area contributed by atoms with Crippen molar-refractivity contribution in [3.05, 3.63) is 53.6 Å². The second-order valence-electron chi connectivity index (χ2n) is 5.85. The molecule has 0 saturated carbocycles. The molecule has 1 atom stereocenters. The number of nitrogens with one attached hydrogen (secondary N) is 1. The average molecular weight is 370 g/mol. The van der Waals surface area contributed by atoms with Crippen molar-refractivity contribution in [3.63, 3.8) is 0 Å². The van der Waals surface area contributed by atoms with E-state index in [4.69, 9.17) is 21.6 Å². The summed E-state index contributed by atoms with van der Waals surface area (Å²) in [7, 11) is 0. The molecule has 0 bridgehead atoms. The standard InChI is InChI=1S/C19H16ClN3O3/c20-14-2-1-3-16(11-14)23-12-13(10-18(23)24)19(25)22-15-4-6-17(7-5-15)26-9-8-21/h1-7,11,13H,9-10,12H2,(H,22,25). The maximum absolute atomic E-state index is 12.5. The molecule has 0 aromatic heterocycles. The second kappa shape index (κ2) is 7.89. The highest BCUT2D eigenvalue weighted by molar-refractivity contribution is 6.31. The van der Waals surface area contributed by atoms with Gasteiger partial charge in [0.2, 0.25) is 11.8 Å². The van der Waals surface area contributed by atoms with Crippen molar-refractivity contribution < 1.29 is 14.3 Å². The Morgan fingerprint density at radius 3 is 2.77 bits per heavy atom. The zero-order valence-electron chi connectivity index (χ0n) is 13.8. The van der Waals surface area contributed by atoms with E-state index < -0.39 is 5.92 Å². The number of nitrogens with zero attached hydrogens (tertiary/aromatic N) is 2. The van der Waals surface area contributed by atoms with E-state index in [0.29, 0.717) is 28.7 Å². The third-order valence-electron chi connectivity index (χ3n) is 4.04. The van der Waals surface area contributed by atoms with Crippen molar-refractivity contribution in [2.75, 3.05) is 23.4 Å². The van der Waals surface area contributed by atoms with Crippen LogP contribution >= 0.6 is 11.6 Å². The van der Waals surface area contributed by atoms with E-state index >= 15 is 0 Å². The maximum atomic E-state index is 12.5. The van der Waals surface area contributed by atoms with Gasteiger partial charge in [-0.05, 0) is 42.5 Å². The van der Waals surface area contributed by atoms with Crippen LogP contribution in [0, 0.1) is 17.2 Å². The fraction of sp³-hybridized carbons (Fsp3) is 0.211. The molecule has 6 nitrogen and oxygen atoms in total. The van der Waals surface area contributed by atoms with Crippen LogP contribution in [0.2, 0.25) is 5.02 Å².